The van der Waals surface area contributed by atoms with E-state index in [0.29, 0.717) is 0 Å². The summed E-state index contributed by atoms with van der Waals surface area (Å²) in [6.45, 7) is 0. The number of rotatable bonds is 3. The maximum absolute atomic E-state index is 13.1. The van der Waals surface area contributed by atoms with Gasteiger partial charge in [-0.2, -0.15) is 52.7 Å². The van der Waals surface area contributed by atoms with Crippen LogP contribution < -0.4 is 5.11 Å². The topological polar surface area (TPSA) is 40.1 Å². The van der Waals surface area contributed by atoms with Gasteiger partial charge in [0, 0.05) is 5.56 Å². The number of hydrogen-bond donors (Lipinski definition) is 0. The summed E-state index contributed by atoms with van der Waals surface area (Å²) in [6, 6.07) is -0.636. The summed E-state index contributed by atoms with van der Waals surface area (Å²) in [5.74, 6) is -3.78. The van der Waals surface area contributed by atoms with Gasteiger partial charge in [0.25, 0.3) is 0 Å². The van der Waals surface area contributed by atoms with Gasteiger partial charge in [-0.25, -0.2) is 0 Å². The fourth-order valence-corrected chi connectivity index (χ4v) is 3.29. The van der Waals surface area contributed by atoms with Crippen molar-refractivity contribution in [3.05, 3.63) is 73.8 Å². The van der Waals surface area contributed by atoms with E-state index in [1.165, 1.54) is 0 Å². The lowest BCUT2D eigenvalue weighted by Crippen LogP contribution is -2.16. The van der Waals surface area contributed by atoms with E-state index in [-0.39, 0.29) is 30.3 Å². The Hall–Kier alpha value is -2.61. The molecule has 35 heavy (non-hydrogen) atoms. The van der Waals surface area contributed by atoms with Crippen molar-refractivity contribution in [1.82, 2.24) is 0 Å². The van der Waals surface area contributed by atoms with Gasteiger partial charge in [0.05, 0.1) is 32.3 Å². The minimum absolute atomic E-state index is 0.159. The van der Waals surface area contributed by atoms with Gasteiger partial charge in [-0.3, -0.25) is 4.79 Å². The fourth-order valence-electron chi connectivity index (χ4n) is 2.64. The van der Waals surface area contributed by atoms with Crippen molar-refractivity contribution in [3.63, 3.8) is 0 Å². The van der Waals surface area contributed by atoms with Crippen LogP contribution in [0, 0.1) is 0 Å². The lowest BCUT2D eigenvalue weighted by atomic mass is 9.99. The molecule has 0 aliphatic rings. The average molecular weight is 564 g/mol. The first-order chi connectivity index (χ1) is 15.5. The lowest BCUT2D eigenvalue weighted by Gasteiger charge is -2.20. The Balaban J connectivity index is 2.72. The van der Waals surface area contributed by atoms with E-state index < -0.39 is 79.7 Å². The Morgan fingerprint density at radius 2 is 0.857 bits per heavy atom. The van der Waals surface area contributed by atoms with Crippen LogP contribution in [0.4, 0.5) is 52.7 Å². The summed E-state index contributed by atoms with van der Waals surface area (Å²) >= 11 is 10.3. The van der Waals surface area contributed by atoms with Gasteiger partial charge in [-0.1, -0.05) is 29.0 Å². The third-order valence-electron chi connectivity index (χ3n) is 4.20. The standard InChI is InChI=1S/C19H6Cl2F12O2/c20-14-8(16(22,23)24)1-6(2-9(14)17(25,26)27)12(34)5-13(35)7-3-10(18(28,29)30)15(21)11(4-7)19(31,32)33/h1-5,34H/p-1/b12-5-. The third kappa shape index (κ3) is 6.34. The van der Waals surface area contributed by atoms with Crippen LogP contribution in [0.15, 0.2) is 30.3 Å². The summed E-state index contributed by atoms with van der Waals surface area (Å²) in [5.41, 5.74) is -11.3. The van der Waals surface area contributed by atoms with Crippen LogP contribution in [0.2, 0.25) is 10.0 Å². The molecule has 0 amide bonds. The molecule has 0 aliphatic heterocycles. The highest BCUT2D eigenvalue weighted by molar-refractivity contribution is 6.33. The largest absolute Gasteiger partial charge is 0.872 e. The van der Waals surface area contributed by atoms with Crippen molar-refractivity contribution in [3.8, 4) is 0 Å². The van der Waals surface area contributed by atoms with Crippen molar-refractivity contribution in [2.45, 2.75) is 24.7 Å². The summed E-state index contributed by atoms with van der Waals surface area (Å²) < 4.78 is 157. The maximum Gasteiger partial charge on any atom is 0.417 e. The van der Waals surface area contributed by atoms with Gasteiger partial charge in [0.1, 0.15) is 0 Å². The summed E-state index contributed by atoms with van der Waals surface area (Å²) in [7, 11) is 0. The van der Waals surface area contributed by atoms with Crippen LogP contribution in [0.25, 0.3) is 5.76 Å². The second kappa shape index (κ2) is 9.12. The van der Waals surface area contributed by atoms with Crippen LogP contribution in [0.1, 0.15) is 38.2 Å². The molecule has 0 saturated heterocycles. The van der Waals surface area contributed by atoms with Gasteiger partial charge in [-0.05, 0) is 35.9 Å². The molecular formula is C19H5Cl2F12O2-. The predicted molar refractivity (Wildman–Crippen MR) is 95.2 cm³/mol. The molecule has 0 aromatic heterocycles. The molecule has 0 atom stereocenters. The number of alkyl halides is 12. The number of allylic oxidation sites excluding steroid dienone is 1. The quantitative estimate of drug-likeness (QED) is 0.166. The van der Waals surface area contributed by atoms with E-state index in [1.54, 1.807) is 0 Å². The summed E-state index contributed by atoms with van der Waals surface area (Å²) in [6.07, 6.45) is -22.3. The predicted octanol–water partition coefficient (Wildman–Crippen LogP) is 7.65. The molecule has 0 aliphatic carbocycles. The maximum atomic E-state index is 13.1. The van der Waals surface area contributed by atoms with Crippen LogP contribution in [0.3, 0.4) is 0 Å². The molecule has 192 valence electrons. The first-order valence-electron chi connectivity index (χ1n) is 8.44. The number of benzene rings is 2. The molecule has 2 aromatic rings. The van der Waals surface area contributed by atoms with Crippen LogP contribution in [0.5, 0.6) is 0 Å². The summed E-state index contributed by atoms with van der Waals surface area (Å²) in [5, 5.41) is 8.56. The van der Waals surface area contributed by atoms with Crippen LogP contribution in [-0.4, -0.2) is 5.78 Å². The SMILES string of the molecule is O=C(/C=C(\[O-])c1cc(C(F)(F)F)c(Cl)c(C(F)(F)F)c1)c1cc(C(F)(F)F)c(Cl)c(C(F)(F)F)c1. The molecule has 0 bridgehead atoms. The van der Waals surface area contributed by atoms with Gasteiger partial charge in [0.15, 0.2) is 5.78 Å². The number of carbonyl (C=O) groups is 1. The molecule has 0 spiro atoms. The molecule has 0 radical (unpaired) electrons. The zero-order valence-electron chi connectivity index (χ0n) is 16.0. The molecule has 0 unspecified atom stereocenters. The molecule has 2 nitrogen and oxygen atoms in total. The van der Waals surface area contributed by atoms with Crippen molar-refractivity contribution < 1.29 is 62.6 Å². The Labute approximate surface area is 196 Å². The Morgan fingerprint density at radius 3 is 1.11 bits per heavy atom. The molecule has 0 saturated carbocycles. The minimum atomic E-state index is -5.50. The van der Waals surface area contributed by atoms with Crippen molar-refractivity contribution in [2.24, 2.45) is 0 Å². The van der Waals surface area contributed by atoms with E-state index in [1.807, 2.05) is 0 Å². The fraction of sp³-hybridized carbons (Fsp3) is 0.211. The zero-order valence-corrected chi connectivity index (χ0v) is 17.5. The van der Waals surface area contributed by atoms with Crippen molar-refractivity contribution in [2.75, 3.05) is 0 Å². The molecule has 0 N–H and O–H groups in total. The monoisotopic (exact) mass is 563 g/mol. The molecule has 2 rings (SSSR count). The van der Waals surface area contributed by atoms with E-state index in [0.717, 1.165) is 0 Å². The smallest absolute Gasteiger partial charge is 0.417 e. The van der Waals surface area contributed by atoms with Crippen molar-refractivity contribution in [1.29, 1.82) is 0 Å². The first kappa shape index (κ1) is 28.6. The second-order valence-corrected chi connectivity index (χ2v) is 7.39. The number of carbonyl (C=O) groups excluding carboxylic acids is 1. The van der Waals surface area contributed by atoms with Gasteiger partial charge >= 0.3 is 24.7 Å². The third-order valence-corrected chi connectivity index (χ3v) is 5.01. The summed E-state index contributed by atoms with van der Waals surface area (Å²) in [4.78, 5) is 12.2. The second-order valence-electron chi connectivity index (χ2n) is 6.63. The van der Waals surface area contributed by atoms with Crippen LogP contribution in [-0.2, 0) is 24.7 Å². The number of halogens is 14. The molecule has 16 heteroatoms. The Morgan fingerprint density at radius 1 is 0.600 bits per heavy atom. The lowest BCUT2D eigenvalue weighted by molar-refractivity contribution is -0.243. The van der Waals surface area contributed by atoms with Gasteiger partial charge < -0.3 is 5.11 Å². The van der Waals surface area contributed by atoms with E-state index in [4.69, 9.17) is 23.2 Å². The number of hydrogen-bond acceptors (Lipinski definition) is 2. The minimum Gasteiger partial charge on any atom is -0.872 e. The van der Waals surface area contributed by atoms with E-state index in [9.17, 15) is 62.6 Å². The van der Waals surface area contributed by atoms with E-state index >= 15 is 0 Å². The number of ketones is 1. The highest BCUT2D eigenvalue weighted by atomic mass is 35.5. The average Bonchev–Trinajstić information content (AvgIpc) is 2.64. The van der Waals surface area contributed by atoms with Gasteiger partial charge in [-0.15, -0.1) is 0 Å². The molecule has 2 aromatic carbocycles. The zero-order chi connectivity index (χ0) is 27.3. The first-order valence-corrected chi connectivity index (χ1v) is 9.20. The van der Waals surface area contributed by atoms with Gasteiger partial charge in [0.2, 0.25) is 0 Å². The van der Waals surface area contributed by atoms with E-state index in [2.05, 4.69) is 0 Å². The molecule has 0 fully saturated rings. The normalized spacial score (nSPS) is 13.8. The highest BCUT2D eigenvalue weighted by Crippen LogP contribution is 2.45. The Kier molecular flexibility index (Phi) is 7.46. The highest BCUT2D eigenvalue weighted by Gasteiger charge is 2.42. The molecule has 0 heterocycles. The van der Waals surface area contributed by atoms with Crippen molar-refractivity contribution >= 4 is 34.7 Å². The Bertz CT molecular complexity index is 1120. The molecular weight excluding hydrogens is 559 g/mol. The van der Waals surface area contributed by atoms with Crippen LogP contribution >= 0.6 is 23.2 Å².